The Kier molecular flexibility index (Phi) is 6.14. The smallest absolute Gasteiger partial charge is 0.255 e. The first-order chi connectivity index (χ1) is 17.6. The van der Waals surface area contributed by atoms with Crippen molar-refractivity contribution < 1.29 is 19.0 Å². The van der Waals surface area contributed by atoms with Crippen molar-refractivity contribution in [1.82, 2.24) is 24.8 Å². The molecule has 0 saturated heterocycles. The third kappa shape index (κ3) is 4.27. The first kappa shape index (κ1) is 22.8. The van der Waals surface area contributed by atoms with Crippen molar-refractivity contribution in [3.05, 3.63) is 78.6 Å². The Hall–Kier alpha value is -4.99. The molecule has 0 aliphatic heterocycles. The van der Waals surface area contributed by atoms with Gasteiger partial charge < -0.3 is 19.5 Å². The number of amides is 1. The fourth-order valence-electron chi connectivity index (χ4n) is 3.76. The summed E-state index contributed by atoms with van der Waals surface area (Å²) >= 11 is 0. The minimum Gasteiger partial charge on any atom is -0.493 e. The van der Waals surface area contributed by atoms with Gasteiger partial charge in [-0.2, -0.15) is 9.61 Å². The second kappa shape index (κ2) is 9.71. The molecule has 0 radical (unpaired) electrons. The molecule has 5 aromatic rings. The molecule has 0 aliphatic rings. The molecule has 180 valence electrons. The van der Waals surface area contributed by atoms with Gasteiger partial charge in [0.25, 0.3) is 5.91 Å². The number of aromatic nitrogens is 5. The average Bonchev–Trinajstić information content (AvgIpc) is 3.36. The van der Waals surface area contributed by atoms with Gasteiger partial charge in [-0.3, -0.25) is 9.78 Å². The zero-order valence-electron chi connectivity index (χ0n) is 19.8. The van der Waals surface area contributed by atoms with Crippen molar-refractivity contribution >= 4 is 17.2 Å². The summed E-state index contributed by atoms with van der Waals surface area (Å²) in [4.78, 5) is 17.0. The fourth-order valence-corrected chi connectivity index (χ4v) is 3.76. The summed E-state index contributed by atoms with van der Waals surface area (Å²) in [6.45, 7) is 0. The number of methoxy groups -OCH3 is 3. The van der Waals surface area contributed by atoms with Gasteiger partial charge in [-0.15, -0.1) is 10.2 Å². The number of carbonyl (C=O) groups is 1. The summed E-state index contributed by atoms with van der Waals surface area (Å²) in [7, 11) is 4.52. The molecule has 3 heterocycles. The number of carbonyl (C=O) groups excluding carboxylic acids is 1. The molecule has 0 unspecified atom stereocenters. The highest BCUT2D eigenvalue weighted by Crippen LogP contribution is 2.38. The largest absolute Gasteiger partial charge is 0.493 e. The number of hydrogen-bond acceptors (Lipinski definition) is 8. The Morgan fingerprint density at radius 1 is 0.861 bits per heavy atom. The number of ether oxygens (including phenoxy) is 3. The standard InChI is InChI=1S/C26H22N6O4/c1-34-21-13-18(14-22(35-2)24(21)36-3)26(33)28-19-8-6-16(7-9-19)20-10-11-23-29-30-25(32(23)31-20)17-5-4-12-27-15-17/h4-15H,1-3H3,(H,28,33). The molecule has 2 aromatic carbocycles. The number of nitrogens with one attached hydrogen (secondary N) is 1. The number of anilines is 1. The molecule has 10 heteroatoms. The summed E-state index contributed by atoms with van der Waals surface area (Å²) in [6, 6.07) is 18.1. The molecule has 3 aromatic heterocycles. The third-order valence-corrected chi connectivity index (χ3v) is 5.55. The Balaban J connectivity index is 1.39. The monoisotopic (exact) mass is 482 g/mol. The Morgan fingerprint density at radius 2 is 1.61 bits per heavy atom. The van der Waals surface area contributed by atoms with Gasteiger partial charge in [0.15, 0.2) is 23.0 Å². The molecule has 36 heavy (non-hydrogen) atoms. The van der Waals surface area contributed by atoms with E-state index in [1.54, 1.807) is 29.0 Å². The van der Waals surface area contributed by atoms with E-state index in [0.29, 0.717) is 40.0 Å². The maximum absolute atomic E-state index is 12.9. The minimum atomic E-state index is -0.313. The maximum atomic E-state index is 12.9. The number of benzene rings is 2. The molecular formula is C26H22N6O4. The second-order valence-corrected chi connectivity index (χ2v) is 7.70. The number of rotatable bonds is 7. The highest BCUT2D eigenvalue weighted by atomic mass is 16.5. The van der Waals surface area contributed by atoms with E-state index in [2.05, 4.69) is 20.5 Å². The lowest BCUT2D eigenvalue weighted by Crippen LogP contribution is -2.12. The SMILES string of the molecule is COc1cc(C(=O)Nc2ccc(-c3ccc4nnc(-c5cccnc5)n4n3)cc2)cc(OC)c1OC. The van der Waals surface area contributed by atoms with Crippen LogP contribution in [0.3, 0.4) is 0 Å². The summed E-state index contributed by atoms with van der Waals surface area (Å²) in [5.74, 6) is 1.52. The molecule has 0 aliphatic carbocycles. The quantitative estimate of drug-likeness (QED) is 0.368. The molecule has 0 spiro atoms. The van der Waals surface area contributed by atoms with Crippen molar-refractivity contribution in [2.24, 2.45) is 0 Å². The third-order valence-electron chi connectivity index (χ3n) is 5.55. The van der Waals surface area contributed by atoms with Crippen molar-refractivity contribution in [3.63, 3.8) is 0 Å². The Morgan fingerprint density at radius 3 is 2.25 bits per heavy atom. The number of hydrogen-bond donors (Lipinski definition) is 1. The number of fused-ring (bicyclic) bond motifs is 1. The molecule has 0 bridgehead atoms. The summed E-state index contributed by atoms with van der Waals surface area (Å²) in [5, 5.41) is 16.0. The van der Waals surface area contributed by atoms with E-state index < -0.39 is 0 Å². The molecule has 5 rings (SSSR count). The second-order valence-electron chi connectivity index (χ2n) is 7.70. The molecule has 0 atom stereocenters. The zero-order valence-corrected chi connectivity index (χ0v) is 19.8. The zero-order chi connectivity index (χ0) is 25.1. The lowest BCUT2D eigenvalue weighted by atomic mass is 10.1. The van der Waals surface area contributed by atoms with Gasteiger partial charge in [-0.05, 0) is 48.5 Å². The van der Waals surface area contributed by atoms with Crippen LogP contribution in [0.25, 0.3) is 28.3 Å². The van der Waals surface area contributed by atoms with Gasteiger partial charge in [0.1, 0.15) is 0 Å². The topological polar surface area (TPSA) is 113 Å². The van der Waals surface area contributed by atoms with Crippen LogP contribution in [0.15, 0.2) is 73.1 Å². The van der Waals surface area contributed by atoms with Crippen LogP contribution in [-0.4, -0.2) is 52.0 Å². The van der Waals surface area contributed by atoms with Gasteiger partial charge in [-0.1, -0.05) is 12.1 Å². The molecule has 1 N–H and O–H groups in total. The molecule has 10 nitrogen and oxygen atoms in total. The van der Waals surface area contributed by atoms with E-state index in [9.17, 15) is 4.79 Å². The normalized spacial score (nSPS) is 10.8. The highest BCUT2D eigenvalue weighted by molar-refractivity contribution is 6.05. The van der Waals surface area contributed by atoms with Crippen LogP contribution < -0.4 is 19.5 Å². The molecule has 0 saturated carbocycles. The lowest BCUT2D eigenvalue weighted by molar-refractivity contribution is 0.102. The van der Waals surface area contributed by atoms with Gasteiger partial charge in [0, 0.05) is 34.8 Å². The highest BCUT2D eigenvalue weighted by Gasteiger charge is 2.17. The van der Waals surface area contributed by atoms with E-state index in [4.69, 9.17) is 19.3 Å². The number of nitrogens with zero attached hydrogens (tertiary/aromatic N) is 5. The summed E-state index contributed by atoms with van der Waals surface area (Å²) in [6.07, 6.45) is 3.42. The fraction of sp³-hybridized carbons (Fsp3) is 0.115. The van der Waals surface area contributed by atoms with E-state index >= 15 is 0 Å². The molecule has 1 amide bonds. The van der Waals surface area contributed by atoms with Gasteiger partial charge >= 0.3 is 0 Å². The van der Waals surface area contributed by atoms with E-state index in [-0.39, 0.29) is 5.91 Å². The van der Waals surface area contributed by atoms with Crippen LogP contribution in [0.2, 0.25) is 0 Å². The molecular weight excluding hydrogens is 460 g/mol. The van der Waals surface area contributed by atoms with Crippen LogP contribution >= 0.6 is 0 Å². The maximum Gasteiger partial charge on any atom is 0.255 e. The van der Waals surface area contributed by atoms with Crippen LogP contribution in [0, 0.1) is 0 Å². The van der Waals surface area contributed by atoms with Gasteiger partial charge in [0.05, 0.1) is 27.0 Å². The predicted molar refractivity (Wildman–Crippen MR) is 134 cm³/mol. The predicted octanol–water partition coefficient (Wildman–Crippen LogP) is 4.13. The minimum absolute atomic E-state index is 0.313. The first-order valence-electron chi connectivity index (χ1n) is 11.0. The Bertz CT molecular complexity index is 1510. The molecule has 0 fully saturated rings. The van der Waals surface area contributed by atoms with Crippen molar-refractivity contribution in [2.75, 3.05) is 26.6 Å². The number of pyridine rings is 1. The average molecular weight is 483 g/mol. The van der Waals surface area contributed by atoms with Crippen LogP contribution in [-0.2, 0) is 0 Å². The van der Waals surface area contributed by atoms with Crippen LogP contribution in [0.5, 0.6) is 17.2 Å². The van der Waals surface area contributed by atoms with Gasteiger partial charge in [-0.25, -0.2) is 0 Å². The lowest BCUT2D eigenvalue weighted by Gasteiger charge is -2.14. The van der Waals surface area contributed by atoms with Crippen molar-refractivity contribution in [1.29, 1.82) is 0 Å². The summed E-state index contributed by atoms with van der Waals surface area (Å²) in [5.41, 5.74) is 4.05. The van der Waals surface area contributed by atoms with E-state index in [1.807, 2.05) is 48.5 Å². The first-order valence-corrected chi connectivity index (χ1v) is 11.0. The van der Waals surface area contributed by atoms with E-state index in [0.717, 1.165) is 16.8 Å². The summed E-state index contributed by atoms with van der Waals surface area (Å²) < 4.78 is 17.7. The van der Waals surface area contributed by atoms with Crippen molar-refractivity contribution in [2.45, 2.75) is 0 Å². The van der Waals surface area contributed by atoms with E-state index in [1.165, 1.54) is 21.3 Å². The van der Waals surface area contributed by atoms with Gasteiger partial charge in [0.2, 0.25) is 5.75 Å². The Labute approximate surface area is 206 Å². The van der Waals surface area contributed by atoms with Crippen LogP contribution in [0.4, 0.5) is 5.69 Å². The van der Waals surface area contributed by atoms with Crippen LogP contribution in [0.1, 0.15) is 10.4 Å². The van der Waals surface area contributed by atoms with Crippen molar-refractivity contribution in [3.8, 4) is 39.9 Å².